The van der Waals surface area contributed by atoms with Crippen molar-refractivity contribution in [3.8, 4) is 5.75 Å². The number of rotatable bonds is 3. The van der Waals surface area contributed by atoms with Crippen LogP contribution in [0.4, 0.5) is 0 Å². The molecule has 5 heteroatoms. The SMILES string of the molecule is COC(=O)c1sccc1OC1(C)CNC1. The van der Waals surface area contributed by atoms with Crippen molar-refractivity contribution in [1.82, 2.24) is 5.32 Å². The largest absolute Gasteiger partial charge is 0.483 e. The zero-order valence-corrected chi connectivity index (χ0v) is 9.52. The molecule has 1 saturated heterocycles. The number of hydrogen-bond donors (Lipinski definition) is 1. The van der Waals surface area contributed by atoms with Crippen molar-refractivity contribution in [2.24, 2.45) is 0 Å². The van der Waals surface area contributed by atoms with Crippen molar-refractivity contribution in [2.75, 3.05) is 20.2 Å². The van der Waals surface area contributed by atoms with Crippen LogP contribution in [0.15, 0.2) is 11.4 Å². The zero-order chi connectivity index (χ0) is 10.9. The molecule has 1 fully saturated rings. The van der Waals surface area contributed by atoms with Crippen LogP contribution in [0.3, 0.4) is 0 Å². The molecule has 1 aromatic rings. The molecule has 0 spiro atoms. The highest BCUT2D eigenvalue weighted by Crippen LogP contribution is 2.30. The van der Waals surface area contributed by atoms with Gasteiger partial charge < -0.3 is 14.8 Å². The van der Waals surface area contributed by atoms with Gasteiger partial charge in [0.15, 0.2) is 4.88 Å². The van der Waals surface area contributed by atoms with Crippen LogP contribution in [0, 0.1) is 0 Å². The molecule has 0 amide bonds. The number of thiophene rings is 1. The fourth-order valence-electron chi connectivity index (χ4n) is 1.43. The first-order valence-electron chi connectivity index (χ1n) is 4.70. The Hall–Kier alpha value is -1.07. The quantitative estimate of drug-likeness (QED) is 0.790. The summed E-state index contributed by atoms with van der Waals surface area (Å²) in [5, 5.41) is 4.97. The minimum atomic E-state index is -0.337. The van der Waals surface area contributed by atoms with Crippen LogP contribution in [0.25, 0.3) is 0 Å². The molecule has 1 aliphatic heterocycles. The molecule has 82 valence electrons. The molecule has 1 aromatic heterocycles. The van der Waals surface area contributed by atoms with E-state index >= 15 is 0 Å². The third-order valence-corrected chi connectivity index (χ3v) is 3.23. The lowest BCUT2D eigenvalue weighted by Crippen LogP contribution is -2.61. The van der Waals surface area contributed by atoms with Gasteiger partial charge in [0.1, 0.15) is 11.4 Å². The van der Waals surface area contributed by atoms with E-state index in [2.05, 4.69) is 10.1 Å². The van der Waals surface area contributed by atoms with Gasteiger partial charge in [-0.05, 0) is 18.4 Å². The van der Waals surface area contributed by atoms with E-state index in [1.165, 1.54) is 18.4 Å². The fraction of sp³-hybridized carbons (Fsp3) is 0.500. The highest BCUT2D eigenvalue weighted by molar-refractivity contribution is 7.12. The van der Waals surface area contributed by atoms with Crippen molar-refractivity contribution in [1.29, 1.82) is 0 Å². The maximum absolute atomic E-state index is 11.4. The van der Waals surface area contributed by atoms with Gasteiger partial charge in [0.05, 0.1) is 7.11 Å². The number of ether oxygens (including phenoxy) is 2. The van der Waals surface area contributed by atoms with Gasteiger partial charge in [0.2, 0.25) is 0 Å². The molecule has 1 N–H and O–H groups in total. The summed E-state index contributed by atoms with van der Waals surface area (Å²) < 4.78 is 10.5. The first-order chi connectivity index (χ1) is 7.14. The van der Waals surface area contributed by atoms with E-state index in [1.54, 1.807) is 6.07 Å². The molecule has 2 rings (SSSR count). The molecular weight excluding hydrogens is 214 g/mol. The summed E-state index contributed by atoms with van der Waals surface area (Å²) >= 11 is 1.34. The molecule has 0 aromatic carbocycles. The summed E-state index contributed by atoms with van der Waals surface area (Å²) in [6, 6.07) is 1.81. The lowest BCUT2D eigenvalue weighted by atomic mass is 10.00. The summed E-state index contributed by atoms with van der Waals surface area (Å²) in [5.74, 6) is 0.284. The monoisotopic (exact) mass is 227 g/mol. The minimum Gasteiger partial charge on any atom is -0.483 e. The topological polar surface area (TPSA) is 47.6 Å². The van der Waals surface area contributed by atoms with Crippen molar-refractivity contribution >= 4 is 17.3 Å². The van der Waals surface area contributed by atoms with Crippen LogP contribution in [0.5, 0.6) is 5.75 Å². The fourth-order valence-corrected chi connectivity index (χ4v) is 2.17. The van der Waals surface area contributed by atoms with E-state index in [9.17, 15) is 4.79 Å². The van der Waals surface area contributed by atoms with Gasteiger partial charge in [0, 0.05) is 13.1 Å². The maximum Gasteiger partial charge on any atom is 0.351 e. The summed E-state index contributed by atoms with van der Waals surface area (Å²) in [5.41, 5.74) is -0.191. The van der Waals surface area contributed by atoms with Crippen LogP contribution in [0.2, 0.25) is 0 Å². The normalized spacial score (nSPS) is 18.0. The van der Waals surface area contributed by atoms with E-state index in [0.29, 0.717) is 10.6 Å². The number of methoxy groups -OCH3 is 1. The number of carbonyl (C=O) groups excluding carboxylic acids is 1. The Morgan fingerprint density at radius 1 is 1.60 bits per heavy atom. The van der Waals surface area contributed by atoms with Crippen LogP contribution in [-0.4, -0.2) is 31.8 Å². The average molecular weight is 227 g/mol. The number of esters is 1. The Morgan fingerprint density at radius 3 is 2.87 bits per heavy atom. The van der Waals surface area contributed by atoms with Crippen LogP contribution < -0.4 is 10.1 Å². The molecule has 0 saturated carbocycles. The smallest absolute Gasteiger partial charge is 0.351 e. The first kappa shape index (κ1) is 10.4. The van der Waals surface area contributed by atoms with Gasteiger partial charge in [-0.15, -0.1) is 11.3 Å². The molecule has 0 aliphatic carbocycles. The van der Waals surface area contributed by atoms with E-state index in [0.717, 1.165) is 13.1 Å². The van der Waals surface area contributed by atoms with Gasteiger partial charge in [-0.3, -0.25) is 0 Å². The third-order valence-electron chi connectivity index (χ3n) is 2.35. The van der Waals surface area contributed by atoms with Crippen molar-refractivity contribution in [3.63, 3.8) is 0 Å². The third kappa shape index (κ3) is 1.98. The lowest BCUT2D eigenvalue weighted by molar-refractivity contribution is 0.0326. The predicted molar refractivity (Wildman–Crippen MR) is 57.6 cm³/mol. The minimum absolute atomic E-state index is 0.191. The van der Waals surface area contributed by atoms with E-state index in [4.69, 9.17) is 4.74 Å². The van der Waals surface area contributed by atoms with Crippen molar-refractivity contribution in [3.05, 3.63) is 16.3 Å². The number of hydrogen-bond acceptors (Lipinski definition) is 5. The predicted octanol–water partition coefficient (Wildman–Crippen LogP) is 1.28. The van der Waals surface area contributed by atoms with Crippen LogP contribution >= 0.6 is 11.3 Å². The summed E-state index contributed by atoms with van der Waals surface area (Å²) in [4.78, 5) is 11.9. The van der Waals surface area contributed by atoms with Crippen molar-refractivity contribution < 1.29 is 14.3 Å². The Labute approximate surface area is 92.2 Å². The molecule has 0 atom stereocenters. The van der Waals surface area contributed by atoms with Gasteiger partial charge >= 0.3 is 5.97 Å². The van der Waals surface area contributed by atoms with Crippen molar-refractivity contribution in [2.45, 2.75) is 12.5 Å². The van der Waals surface area contributed by atoms with Gasteiger partial charge in [0.25, 0.3) is 0 Å². The summed E-state index contributed by atoms with van der Waals surface area (Å²) in [6.45, 7) is 3.63. The van der Waals surface area contributed by atoms with Gasteiger partial charge in [-0.2, -0.15) is 0 Å². The van der Waals surface area contributed by atoms with Crippen LogP contribution in [-0.2, 0) is 4.74 Å². The zero-order valence-electron chi connectivity index (χ0n) is 8.70. The molecule has 4 nitrogen and oxygen atoms in total. The van der Waals surface area contributed by atoms with E-state index in [1.807, 2.05) is 12.3 Å². The van der Waals surface area contributed by atoms with E-state index < -0.39 is 0 Å². The highest BCUT2D eigenvalue weighted by atomic mass is 32.1. The standard InChI is InChI=1S/C10H13NO3S/c1-10(5-11-6-10)14-7-3-4-15-8(7)9(12)13-2/h3-4,11H,5-6H2,1-2H3. The lowest BCUT2D eigenvalue weighted by Gasteiger charge is -2.39. The number of carbonyl (C=O) groups is 1. The second-order valence-electron chi connectivity index (χ2n) is 3.76. The molecule has 0 radical (unpaired) electrons. The Balaban J connectivity index is 2.14. The van der Waals surface area contributed by atoms with Gasteiger partial charge in [-0.25, -0.2) is 4.79 Å². The van der Waals surface area contributed by atoms with E-state index in [-0.39, 0.29) is 11.6 Å². The molecule has 0 unspecified atom stereocenters. The van der Waals surface area contributed by atoms with Crippen LogP contribution in [0.1, 0.15) is 16.6 Å². The molecule has 0 bridgehead atoms. The molecular formula is C10H13NO3S. The number of nitrogens with one attached hydrogen (secondary N) is 1. The second-order valence-corrected chi connectivity index (χ2v) is 4.68. The summed E-state index contributed by atoms with van der Waals surface area (Å²) in [6.07, 6.45) is 0. The Kier molecular flexibility index (Phi) is 2.67. The van der Waals surface area contributed by atoms with Gasteiger partial charge in [-0.1, -0.05) is 0 Å². The molecule has 15 heavy (non-hydrogen) atoms. The Morgan fingerprint density at radius 2 is 2.33 bits per heavy atom. The molecule has 2 heterocycles. The first-order valence-corrected chi connectivity index (χ1v) is 5.58. The summed E-state index contributed by atoms with van der Waals surface area (Å²) in [7, 11) is 1.37. The highest BCUT2D eigenvalue weighted by Gasteiger charge is 2.35. The average Bonchev–Trinajstić information content (AvgIpc) is 2.62. The maximum atomic E-state index is 11.4. The molecule has 1 aliphatic rings. The Bertz CT molecular complexity index is 370. The second kappa shape index (κ2) is 3.83.